The predicted molar refractivity (Wildman–Crippen MR) is 143 cm³/mol. The van der Waals surface area contributed by atoms with E-state index in [1.807, 2.05) is 14.0 Å². The Bertz CT molecular complexity index is 821. The summed E-state index contributed by atoms with van der Waals surface area (Å²) in [7, 11) is -1.28. The lowest BCUT2D eigenvalue weighted by Crippen LogP contribution is -2.56. The number of aliphatic imine (C=N–C) groups is 1. The molecule has 2 saturated heterocycles. The van der Waals surface area contributed by atoms with Crippen LogP contribution >= 0.6 is 24.0 Å². The van der Waals surface area contributed by atoms with Gasteiger partial charge in [-0.2, -0.15) is 0 Å². The minimum absolute atomic E-state index is 0. The second-order valence-corrected chi connectivity index (χ2v) is 10.7. The van der Waals surface area contributed by atoms with E-state index in [1.165, 1.54) is 35.5 Å². The molecule has 0 amide bonds. The van der Waals surface area contributed by atoms with Gasteiger partial charge in [0.1, 0.15) is 0 Å². The van der Waals surface area contributed by atoms with Gasteiger partial charge in [-0.1, -0.05) is 37.3 Å². The van der Waals surface area contributed by atoms with Gasteiger partial charge in [0.2, 0.25) is 10.0 Å². The molecule has 32 heavy (non-hydrogen) atoms. The Hall–Kier alpha value is -0.910. The molecule has 2 atom stereocenters. The Morgan fingerprint density at radius 2 is 1.97 bits per heavy atom. The van der Waals surface area contributed by atoms with Gasteiger partial charge in [0.05, 0.1) is 6.26 Å². The molecule has 0 bridgehead atoms. The summed E-state index contributed by atoms with van der Waals surface area (Å²) in [6, 6.07) is 11.5. The van der Waals surface area contributed by atoms with Crippen LogP contribution in [-0.2, 0) is 16.6 Å². The van der Waals surface area contributed by atoms with Crippen molar-refractivity contribution in [3.8, 4) is 0 Å². The van der Waals surface area contributed by atoms with Crippen LogP contribution in [0.3, 0.4) is 0 Å². The summed E-state index contributed by atoms with van der Waals surface area (Å²) in [6.45, 7) is 7.95. The predicted octanol–water partition coefficient (Wildman–Crippen LogP) is 2.84. The quantitative estimate of drug-likeness (QED) is 0.223. The Balaban J connectivity index is 0.00000363. The molecule has 0 saturated carbocycles. The lowest BCUT2D eigenvalue weighted by molar-refractivity contribution is 0.0372. The third kappa shape index (κ3) is 7.56. The number of halogens is 1. The molecule has 1 N–H and O–H groups in total. The van der Waals surface area contributed by atoms with Crippen LogP contribution in [0.5, 0.6) is 0 Å². The highest BCUT2D eigenvalue weighted by atomic mass is 127. The first kappa shape index (κ1) is 27.3. The van der Waals surface area contributed by atoms with E-state index in [0.29, 0.717) is 25.0 Å². The number of fused-ring (bicyclic) bond motifs is 1. The van der Waals surface area contributed by atoms with E-state index in [-0.39, 0.29) is 24.0 Å². The Morgan fingerprint density at radius 3 is 2.62 bits per heavy atom. The maximum atomic E-state index is 11.7. The van der Waals surface area contributed by atoms with Crippen molar-refractivity contribution < 1.29 is 8.42 Å². The van der Waals surface area contributed by atoms with Gasteiger partial charge in [0, 0.05) is 52.4 Å². The van der Waals surface area contributed by atoms with Crippen molar-refractivity contribution >= 4 is 40.0 Å². The molecule has 9 heteroatoms. The van der Waals surface area contributed by atoms with Crippen LogP contribution in [0.15, 0.2) is 35.3 Å². The van der Waals surface area contributed by atoms with E-state index < -0.39 is 10.0 Å². The highest BCUT2D eigenvalue weighted by Gasteiger charge is 2.36. The van der Waals surface area contributed by atoms with Crippen molar-refractivity contribution in [3.05, 3.63) is 35.9 Å². The number of benzene rings is 1. The summed E-state index contributed by atoms with van der Waals surface area (Å²) in [5, 5.41) is 3.46. The molecule has 182 valence electrons. The molecular weight excluding hydrogens is 537 g/mol. The maximum Gasteiger partial charge on any atom is 0.211 e. The second-order valence-electron chi connectivity index (χ2n) is 8.74. The molecule has 0 aliphatic carbocycles. The molecule has 1 aromatic rings. The number of guanidine groups is 1. The van der Waals surface area contributed by atoms with Gasteiger partial charge < -0.3 is 10.2 Å². The average molecular weight is 578 g/mol. The fourth-order valence-electron chi connectivity index (χ4n) is 5.06. The summed E-state index contributed by atoms with van der Waals surface area (Å²) in [6.07, 6.45) is 5.74. The largest absolute Gasteiger partial charge is 0.356 e. The first-order valence-electron chi connectivity index (χ1n) is 11.6. The monoisotopic (exact) mass is 577 g/mol. The molecule has 2 heterocycles. The number of hydrogen-bond donors (Lipinski definition) is 1. The van der Waals surface area contributed by atoms with Crippen molar-refractivity contribution in [1.82, 2.24) is 19.4 Å². The summed E-state index contributed by atoms with van der Waals surface area (Å²) in [5.41, 5.74) is 1.40. The fourth-order valence-corrected chi connectivity index (χ4v) is 5.99. The van der Waals surface area contributed by atoms with E-state index in [2.05, 4.69) is 50.4 Å². The first-order chi connectivity index (χ1) is 14.9. The molecule has 0 radical (unpaired) electrons. The van der Waals surface area contributed by atoms with Crippen LogP contribution in [0, 0.1) is 5.92 Å². The van der Waals surface area contributed by atoms with Crippen LogP contribution in [0.1, 0.15) is 38.2 Å². The smallest absolute Gasteiger partial charge is 0.211 e. The number of likely N-dealkylation sites (tertiary alicyclic amines) is 2. The van der Waals surface area contributed by atoms with Crippen molar-refractivity contribution in [2.75, 3.05) is 52.6 Å². The molecule has 7 nitrogen and oxygen atoms in total. The van der Waals surface area contributed by atoms with Crippen LogP contribution in [0.2, 0.25) is 0 Å². The summed E-state index contributed by atoms with van der Waals surface area (Å²) >= 11 is 0. The number of piperidine rings is 2. The van der Waals surface area contributed by atoms with Crippen LogP contribution in [-0.4, -0.2) is 87.1 Å². The molecule has 2 aliphatic rings. The minimum Gasteiger partial charge on any atom is -0.356 e. The van der Waals surface area contributed by atoms with Crippen LogP contribution < -0.4 is 5.32 Å². The zero-order chi connectivity index (χ0) is 22.3. The Morgan fingerprint density at radius 1 is 1.22 bits per heavy atom. The van der Waals surface area contributed by atoms with Crippen LogP contribution in [0.4, 0.5) is 0 Å². The molecular formula is C23H40IN5O2S. The molecule has 2 unspecified atom stereocenters. The summed E-state index contributed by atoms with van der Waals surface area (Å²) in [5.74, 6) is 1.62. The average Bonchev–Trinajstić information content (AvgIpc) is 2.76. The number of hydrogen-bond acceptors (Lipinski definition) is 4. The maximum absolute atomic E-state index is 11.7. The zero-order valence-corrected chi connectivity index (χ0v) is 22.9. The highest BCUT2D eigenvalue weighted by Crippen LogP contribution is 2.31. The Kier molecular flexibility index (Phi) is 11.2. The summed E-state index contributed by atoms with van der Waals surface area (Å²) in [4.78, 5) is 9.58. The number of rotatable bonds is 8. The van der Waals surface area contributed by atoms with Gasteiger partial charge in [-0.3, -0.25) is 9.89 Å². The molecule has 2 fully saturated rings. The first-order valence-corrected chi connectivity index (χ1v) is 13.5. The standard InChI is InChI=1S/C23H39N5O2S.HI/c1-4-28(31(3,29)30)16-9-14-25-23(24-2)27-17-13-22-21(19-27)12-8-15-26(22)18-20-10-6-5-7-11-20;/h5-7,10-11,21-22H,4,8-9,12-19H2,1-3H3,(H,24,25);1H. The van der Waals surface area contributed by atoms with E-state index in [1.54, 1.807) is 0 Å². The normalized spacial score (nSPS) is 22.4. The van der Waals surface area contributed by atoms with E-state index in [4.69, 9.17) is 0 Å². The van der Waals surface area contributed by atoms with Crippen molar-refractivity contribution in [3.63, 3.8) is 0 Å². The molecule has 3 rings (SSSR count). The van der Waals surface area contributed by atoms with Gasteiger partial charge in [-0.15, -0.1) is 24.0 Å². The number of nitrogens with zero attached hydrogens (tertiary/aromatic N) is 4. The van der Waals surface area contributed by atoms with Gasteiger partial charge in [-0.05, 0) is 43.7 Å². The number of nitrogens with one attached hydrogen (secondary N) is 1. The van der Waals surface area contributed by atoms with Gasteiger partial charge >= 0.3 is 0 Å². The van der Waals surface area contributed by atoms with E-state index >= 15 is 0 Å². The minimum atomic E-state index is -3.12. The third-order valence-corrected chi connectivity index (χ3v) is 7.99. The third-order valence-electron chi connectivity index (χ3n) is 6.61. The zero-order valence-electron chi connectivity index (χ0n) is 19.7. The van der Waals surface area contributed by atoms with E-state index in [9.17, 15) is 8.42 Å². The van der Waals surface area contributed by atoms with Gasteiger partial charge in [0.15, 0.2) is 5.96 Å². The lowest BCUT2D eigenvalue weighted by Gasteiger charge is -2.48. The fraction of sp³-hybridized carbons (Fsp3) is 0.696. The molecule has 0 aromatic heterocycles. The molecule has 0 spiro atoms. The molecule has 1 aromatic carbocycles. The van der Waals surface area contributed by atoms with Crippen LogP contribution in [0.25, 0.3) is 0 Å². The highest BCUT2D eigenvalue weighted by molar-refractivity contribution is 14.0. The second kappa shape index (κ2) is 13.1. The van der Waals surface area contributed by atoms with Crippen molar-refractivity contribution in [2.45, 2.75) is 45.2 Å². The Labute approximate surface area is 211 Å². The van der Waals surface area contributed by atoms with Gasteiger partial charge in [-0.25, -0.2) is 12.7 Å². The lowest BCUT2D eigenvalue weighted by atomic mass is 9.83. The summed E-state index contributed by atoms with van der Waals surface area (Å²) < 4.78 is 25.0. The SMILES string of the molecule is CCN(CCCNC(=NC)N1CCC2C(CCCN2Cc2ccccc2)C1)S(C)(=O)=O.I. The molecule has 2 aliphatic heterocycles. The van der Waals surface area contributed by atoms with Crippen molar-refractivity contribution in [1.29, 1.82) is 0 Å². The van der Waals surface area contributed by atoms with Gasteiger partial charge in [0.25, 0.3) is 0 Å². The number of sulfonamides is 1. The topological polar surface area (TPSA) is 68.2 Å². The van der Waals surface area contributed by atoms with Crippen molar-refractivity contribution in [2.24, 2.45) is 10.9 Å². The van der Waals surface area contributed by atoms with E-state index in [0.717, 1.165) is 45.0 Å².